The fraction of sp³-hybridized carbons (Fsp3) is 0.533. The number of carbonyl (C=O) groups is 1. The van der Waals surface area contributed by atoms with Crippen molar-refractivity contribution in [2.45, 2.75) is 38.1 Å². The van der Waals surface area contributed by atoms with E-state index in [1.54, 1.807) is 6.07 Å². The Bertz CT molecular complexity index is 509. The van der Waals surface area contributed by atoms with E-state index in [0.717, 1.165) is 19.3 Å². The lowest BCUT2D eigenvalue weighted by Crippen LogP contribution is -2.59. The third kappa shape index (κ3) is 2.88. The van der Waals surface area contributed by atoms with Gasteiger partial charge in [0.1, 0.15) is 5.82 Å². The van der Waals surface area contributed by atoms with E-state index in [1.807, 2.05) is 0 Å². The van der Waals surface area contributed by atoms with Gasteiger partial charge in [0.2, 0.25) is 0 Å². The Morgan fingerprint density at radius 1 is 1.55 bits per heavy atom. The molecule has 20 heavy (non-hydrogen) atoms. The fourth-order valence-corrected chi connectivity index (χ4v) is 3.37. The second-order valence-corrected chi connectivity index (χ2v) is 6.36. The van der Waals surface area contributed by atoms with Crippen LogP contribution in [0.15, 0.2) is 22.7 Å². The van der Waals surface area contributed by atoms with E-state index in [-0.39, 0.29) is 15.9 Å². The summed E-state index contributed by atoms with van der Waals surface area (Å²) in [5.41, 5.74) is 5.86. The minimum atomic E-state index is -0.434. The van der Waals surface area contributed by atoms with Gasteiger partial charge in [0.25, 0.3) is 5.91 Å². The number of nitrogens with two attached hydrogens (primary N) is 1. The van der Waals surface area contributed by atoms with Crippen molar-refractivity contribution in [3.63, 3.8) is 0 Å². The van der Waals surface area contributed by atoms with Gasteiger partial charge in [0.05, 0.1) is 15.6 Å². The van der Waals surface area contributed by atoms with Crippen LogP contribution in [0.2, 0.25) is 0 Å². The number of halogens is 2. The lowest BCUT2D eigenvalue weighted by Gasteiger charge is -2.42. The lowest BCUT2D eigenvalue weighted by molar-refractivity contribution is 0.0811. The molecule has 3 nitrogen and oxygen atoms in total. The predicted molar refractivity (Wildman–Crippen MR) is 81.0 cm³/mol. The van der Waals surface area contributed by atoms with Gasteiger partial charge in [0.15, 0.2) is 0 Å². The summed E-state index contributed by atoms with van der Waals surface area (Å²) in [5.74, 6) is -0.371. The van der Waals surface area contributed by atoms with Gasteiger partial charge in [-0.1, -0.05) is 25.8 Å². The first-order valence-corrected chi connectivity index (χ1v) is 7.76. The van der Waals surface area contributed by atoms with E-state index in [2.05, 4.69) is 28.2 Å². The molecule has 1 aliphatic rings. The second-order valence-electron chi connectivity index (χ2n) is 5.56. The van der Waals surface area contributed by atoms with Gasteiger partial charge in [-0.3, -0.25) is 4.79 Å². The van der Waals surface area contributed by atoms with Gasteiger partial charge in [-0.05, 0) is 46.8 Å². The molecule has 1 fully saturated rings. The standard InChI is InChI=1S/C15H20BrFN2O/c1-10-5-2-3-8-15(10,9-18)19-14(20)11-6-4-7-12(17)13(11)16/h4,6-7,10H,2-3,5,8-9,18H2,1H3,(H,19,20). The maximum Gasteiger partial charge on any atom is 0.253 e. The molecule has 2 rings (SSSR count). The highest BCUT2D eigenvalue weighted by molar-refractivity contribution is 9.10. The van der Waals surface area contributed by atoms with E-state index in [9.17, 15) is 9.18 Å². The molecule has 0 spiro atoms. The Balaban J connectivity index is 2.23. The molecule has 0 radical (unpaired) electrons. The van der Waals surface area contributed by atoms with Gasteiger partial charge in [-0.2, -0.15) is 0 Å². The van der Waals surface area contributed by atoms with Gasteiger partial charge >= 0.3 is 0 Å². The first-order valence-electron chi connectivity index (χ1n) is 6.97. The molecule has 0 aromatic heterocycles. The van der Waals surface area contributed by atoms with Gasteiger partial charge in [-0.25, -0.2) is 4.39 Å². The highest BCUT2D eigenvalue weighted by Gasteiger charge is 2.38. The smallest absolute Gasteiger partial charge is 0.253 e. The molecule has 1 aliphatic carbocycles. The summed E-state index contributed by atoms with van der Waals surface area (Å²) in [6.45, 7) is 2.53. The number of nitrogens with one attached hydrogen (secondary N) is 1. The Labute approximate surface area is 127 Å². The first-order chi connectivity index (χ1) is 9.50. The SMILES string of the molecule is CC1CCCCC1(CN)NC(=O)c1cccc(F)c1Br. The van der Waals surface area contributed by atoms with Crippen LogP contribution in [0.3, 0.4) is 0 Å². The predicted octanol–water partition coefficient (Wildman–Crippen LogP) is 3.23. The number of carbonyl (C=O) groups excluding carboxylic acids is 1. The zero-order valence-electron chi connectivity index (χ0n) is 11.6. The van der Waals surface area contributed by atoms with E-state index >= 15 is 0 Å². The summed E-state index contributed by atoms with van der Waals surface area (Å²) in [4.78, 5) is 12.4. The average Bonchev–Trinajstić information content (AvgIpc) is 2.44. The maximum atomic E-state index is 13.5. The van der Waals surface area contributed by atoms with Crippen LogP contribution in [0, 0.1) is 11.7 Å². The lowest BCUT2D eigenvalue weighted by atomic mass is 9.73. The summed E-state index contributed by atoms with van der Waals surface area (Å²) in [5, 5.41) is 3.06. The molecule has 1 aromatic rings. The summed E-state index contributed by atoms with van der Waals surface area (Å²) in [6, 6.07) is 4.47. The number of benzene rings is 1. The van der Waals surface area contributed by atoms with Crippen LogP contribution >= 0.6 is 15.9 Å². The second kappa shape index (κ2) is 6.22. The van der Waals surface area contributed by atoms with Crippen molar-refractivity contribution in [3.8, 4) is 0 Å². The zero-order valence-corrected chi connectivity index (χ0v) is 13.2. The Kier molecular flexibility index (Phi) is 4.81. The molecule has 1 amide bonds. The summed E-state index contributed by atoms with van der Waals surface area (Å²) < 4.78 is 13.7. The molecule has 0 bridgehead atoms. The van der Waals surface area contributed by atoms with E-state index in [1.165, 1.54) is 18.6 Å². The van der Waals surface area contributed by atoms with Crippen molar-refractivity contribution in [1.82, 2.24) is 5.32 Å². The topological polar surface area (TPSA) is 55.1 Å². The molecule has 0 heterocycles. The van der Waals surface area contributed by atoms with Crippen molar-refractivity contribution in [3.05, 3.63) is 34.1 Å². The number of hydrogen-bond donors (Lipinski definition) is 2. The van der Waals surface area contributed by atoms with Crippen LogP contribution < -0.4 is 11.1 Å². The Hall–Kier alpha value is -0.940. The van der Waals surface area contributed by atoms with Crippen LogP contribution in [0.4, 0.5) is 4.39 Å². The minimum Gasteiger partial charge on any atom is -0.345 e. The monoisotopic (exact) mass is 342 g/mol. The van der Waals surface area contributed by atoms with Crippen LogP contribution in [0.5, 0.6) is 0 Å². The molecule has 0 aliphatic heterocycles. The highest BCUT2D eigenvalue weighted by atomic mass is 79.9. The molecular formula is C15H20BrFN2O. The van der Waals surface area contributed by atoms with Crippen LogP contribution in [0.1, 0.15) is 43.0 Å². The van der Waals surface area contributed by atoms with Crippen LogP contribution in [-0.4, -0.2) is 18.0 Å². The van der Waals surface area contributed by atoms with Crippen molar-refractivity contribution in [2.24, 2.45) is 11.7 Å². The maximum absolute atomic E-state index is 13.5. The quantitative estimate of drug-likeness (QED) is 0.885. The summed E-state index contributed by atoms with van der Waals surface area (Å²) in [7, 11) is 0. The number of amides is 1. The number of hydrogen-bond acceptors (Lipinski definition) is 2. The highest BCUT2D eigenvalue weighted by Crippen LogP contribution is 2.33. The first kappa shape index (κ1) is 15.4. The Morgan fingerprint density at radius 3 is 2.95 bits per heavy atom. The Morgan fingerprint density at radius 2 is 2.30 bits per heavy atom. The van der Waals surface area contributed by atoms with Crippen LogP contribution in [-0.2, 0) is 0 Å². The molecule has 1 saturated carbocycles. The third-order valence-corrected chi connectivity index (χ3v) is 5.18. The van der Waals surface area contributed by atoms with E-state index in [4.69, 9.17) is 5.73 Å². The normalized spacial score (nSPS) is 26.3. The molecule has 3 N–H and O–H groups in total. The minimum absolute atomic E-state index is 0.202. The summed E-state index contributed by atoms with van der Waals surface area (Å²) in [6.07, 6.45) is 4.17. The molecule has 5 heteroatoms. The number of rotatable bonds is 3. The van der Waals surface area contributed by atoms with Gasteiger partial charge < -0.3 is 11.1 Å². The van der Waals surface area contributed by atoms with Crippen LogP contribution in [0.25, 0.3) is 0 Å². The fourth-order valence-electron chi connectivity index (χ4n) is 2.93. The van der Waals surface area contributed by atoms with Crippen molar-refractivity contribution in [1.29, 1.82) is 0 Å². The molecule has 2 atom stereocenters. The molecular weight excluding hydrogens is 323 g/mol. The molecule has 0 saturated heterocycles. The summed E-state index contributed by atoms with van der Waals surface area (Å²) >= 11 is 3.13. The van der Waals surface area contributed by atoms with Gasteiger partial charge in [0, 0.05) is 6.54 Å². The van der Waals surface area contributed by atoms with Crippen molar-refractivity contribution in [2.75, 3.05) is 6.54 Å². The largest absolute Gasteiger partial charge is 0.345 e. The van der Waals surface area contributed by atoms with Crippen molar-refractivity contribution >= 4 is 21.8 Å². The average molecular weight is 343 g/mol. The van der Waals surface area contributed by atoms with E-state index in [0.29, 0.717) is 18.0 Å². The zero-order chi connectivity index (χ0) is 14.8. The molecule has 110 valence electrons. The van der Waals surface area contributed by atoms with Crippen molar-refractivity contribution < 1.29 is 9.18 Å². The third-order valence-electron chi connectivity index (χ3n) is 4.38. The molecule has 2 unspecified atom stereocenters. The van der Waals surface area contributed by atoms with Gasteiger partial charge in [-0.15, -0.1) is 0 Å². The van der Waals surface area contributed by atoms with E-state index < -0.39 is 5.82 Å². The molecule has 1 aromatic carbocycles.